The van der Waals surface area contributed by atoms with Crippen LogP contribution < -0.4 is 30.5 Å². The molecule has 0 heterocycles. The molecule has 0 aliphatic carbocycles. The molecule has 0 saturated carbocycles. The summed E-state index contributed by atoms with van der Waals surface area (Å²) < 4.78 is 0. The second-order valence-corrected chi connectivity index (χ2v) is 48.8. The maximum absolute atomic E-state index is 2.84. The quantitative estimate of drug-likeness (QED) is 0.0452. The monoisotopic (exact) mass is 1220 g/mol. The van der Waals surface area contributed by atoms with E-state index in [9.17, 15) is 0 Å². The second-order valence-electron chi connectivity index (χ2n) is 32.5. The summed E-state index contributed by atoms with van der Waals surface area (Å²) >= 11 is 0. The Morgan fingerprint density at radius 3 is 0.814 bits per heavy atom. The van der Waals surface area contributed by atoms with Crippen molar-refractivity contribution >= 4 is 111 Å². The van der Waals surface area contributed by atoms with Crippen LogP contribution in [0.5, 0.6) is 0 Å². The van der Waals surface area contributed by atoms with E-state index in [1.54, 1.807) is 20.7 Å². The lowest BCUT2D eigenvalue weighted by atomic mass is 9.79. The fourth-order valence-electron chi connectivity index (χ4n) is 13.8. The number of anilines is 6. The summed E-state index contributed by atoms with van der Waals surface area (Å²) in [5, 5.41) is 11.8. The SMILES string of the molecule is CC[SiH](CC)c1cc(N(c2cc(C(C)(C)C)cc(C(C)(C)C)c2)c2c3ccc(C(C)(C)C)cc3c(N(c3cc(C(C)(C)C)cc(C(C)(C)C)c3)c3cc([SiH](CC)CC)cc([Si](CC)(CC)CC)c3)c3ccc(C(C)(C)C)cc23)cc([SiH](CC)CC)c1. The minimum absolute atomic E-state index is 0.0822. The van der Waals surface area contributed by atoms with E-state index in [4.69, 9.17) is 0 Å². The first kappa shape index (κ1) is 69.0. The van der Waals surface area contributed by atoms with Gasteiger partial charge in [-0.3, -0.25) is 0 Å². The summed E-state index contributed by atoms with van der Waals surface area (Å²) in [6.07, 6.45) is 0. The number of hydrogen-bond donors (Lipinski definition) is 0. The highest BCUT2D eigenvalue weighted by Gasteiger charge is 2.36. The van der Waals surface area contributed by atoms with Gasteiger partial charge in [-0.1, -0.05) is 311 Å². The minimum Gasteiger partial charge on any atom is -0.309 e. The average Bonchev–Trinajstić information content (AvgIpc) is 0.729. The third-order valence-electron chi connectivity index (χ3n) is 20.5. The first-order chi connectivity index (χ1) is 40.0. The van der Waals surface area contributed by atoms with Gasteiger partial charge in [-0.05, 0) is 127 Å². The number of nitrogens with zero attached hydrogens (tertiary/aromatic N) is 2. The van der Waals surface area contributed by atoms with E-state index >= 15 is 0 Å². The van der Waals surface area contributed by atoms with Crippen molar-refractivity contribution in [2.45, 2.75) is 274 Å². The van der Waals surface area contributed by atoms with E-state index in [0.29, 0.717) is 0 Å². The lowest BCUT2D eigenvalue weighted by Crippen LogP contribution is -2.48. The van der Waals surface area contributed by atoms with Crippen molar-refractivity contribution in [2.75, 3.05) is 9.80 Å². The van der Waals surface area contributed by atoms with Gasteiger partial charge in [0.25, 0.3) is 0 Å². The molecule has 86 heavy (non-hydrogen) atoms. The maximum atomic E-state index is 2.84. The van der Waals surface area contributed by atoms with Crippen LogP contribution in [0.2, 0.25) is 54.4 Å². The van der Waals surface area contributed by atoms with Gasteiger partial charge >= 0.3 is 0 Å². The number of fused-ring (bicyclic) bond motifs is 2. The van der Waals surface area contributed by atoms with Gasteiger partial charge in [-0.15, -0.1) is 0 Å². The van der Waals surface area contributed by atoms with Crippen LogP contribution in [0.15, 0.2) is 109 Å². The average molecular weight is 1220 g/mol. The van der Waals surface area contributed by atoms with Crippen molar-refractivity contribution in [3.8, 4) is 0 Å². The lowest BCUT2D eigenvalue weighted by molar-refractivity contribution is 0.568. The molecule has 0 unspecified atom stereocenters. The molecule has 466 valence electrons. The molecule has 2 nitrogen and oxygen atoms in total. The number of benzene rings is 7. The number of hydrogen-bond acceptors (Lipinski definition) is 2. The summed E-state index contributed by atoms with van der Waals surface area (Å²) in [6.45, 7) is 65.8. The Labute approximate surface area is 533 Å². The van der Waals surface area contributed by atoms with Crippen LogP contribution in [0.4, 0.5) is 34.1 Å². The zero-order valence-electron chi connectivity index (χ0n) is 59.9. The van der Waals surface area contributed by atoms with E-state index < -0.39 is 34.5 Å². The third-order valence-corrected chi connectivity index (χ3v) is 35.8. The molecule has 0 aliphatic heterocycles. The molecule has 7 rings (SSSR count). The van der Waals surface area contributed by atoms with E-state index in [2.05, 4.69) is 306 Å². The standard InChI is InChI=1S/C80H120N2Si4/c1-28-83(29-2)65-49-63(50-66(53-65)84(30-3)31-4)81(61-43-57(77(16,17)18)41-58(44-61)78(19,20)21)73-69-39-37-56(76(13,14)15)48-72(69)74(70-40-38-55(47-71(70)73)75(10,11)12)82(62-45-59(79(22,23)24)42-60(46-62)80(25,26)27)64-51-67(85(32-5)33-6)54-68(52-64)86(34-7,35-8)36-9/h37-54,83-85H,28-36H2,1-27H3. The molecular formula is C80H120N2Si4. The summed E-state index contributed by atoms with van der Waals surface area (Å²) in [5.41, 5.74) is 15.4. The van der Waals surface area contributed by atoms with Gasteiger partial charge in [-0.2, -0.15) is 0 Å². The Morgan fingerprint density at radius 1 is 0.279 bits per heavy atom. The molecule has 0 amide bonds. The zero-order valence-corrected chi connectivity index (χ0v) is 64.3. The largest absolute Gasteiger partial charge is 0.309 e. The highest BCUT2D eigenvalue weighted by atomic mass is 28.3. The molecule has 0 aromatic heterocycles. The van der Waals surface area contributed by atoms with Gasteiger partial charge in [0.15, 0.2) is 0 Å². The Bertz CT molecular complexity index is 3390. The first-order valence-corrected chi connectivity index (χ1v) is 43.5. The molecule has 0 N–H and O–H groups in total. The Kier molecular flexibility index (Phi) is 21.0. The molecule has 0 spiro atoms. The van der Waals surface area contributed by atoms with E-state index in [1.165, 1.54) is 143 Å². The lowest BCUT2D eigenvalue weighted by Gasteiger charge is -2.37. The molecule has 0 fully saturated rings. The van der Waals surface area contributed by atoms with Crippen LogP contribution in [-0.2, 0) is 32.5 Å². The van der Waals surface area contributed by atoms with Crippen molar-refractivity contribution in [2.24, 2.45) is 0 Å². The molecule has 6 heteroatoms. The predicted octanol–water partition coefficient (Wildman–Crippen LogP) is 21.9. The second kappa shape index (κ2) is 26.2. The third kappa shape index (κ3) is 14.4. The van der Waals surface area contributed by atoms with Crippen LogP contribution in [0.25, 0.3) is 21.5 Å². The molecule has 0 atom stereocenters. The minimum atomic E-state index is -1.90. The molecule has 7 aromatic carbocycles. The van der Waals surface area contributed by atoms with Gasteiger partial charge in [-0.25, -0.2) is 0 Å². The topological polar surface area (TPSA) is 6.48 Å². The molecule has 0 bridgehead atoms. The summed E-state index contributed by atoms with van der Waals surface area (Å²) in [6, 6.07) is 58.5. The summed E-state index contributed by atoms with van der Waals surface area (Å²) in [7, 11) is -5.84. The van der Waals surface area contributed by atoms with Crippen LogP contribution in [0.3, 0.4) is 0 Å². The maximum Gasteiger partial charge on any atom is 0.0860 e. The van der Waals surface area contributed by atoms with Gasteiger partial charge in [0.1, 0.15) is 0 Å². The molecule has 0 radical (unpaired) electrons. The van der Waals surface area contributed by atoms with E-state index in [0.717, 1.165) is 0 Å². The molecule has 0 aliphatic rings. The van der Waals surface area contributed by atoms with Crippen molar-refractivity contribution in [3.05, 3.63) is 143 Å². The van der Waals surface area contributed by atoms with Crippen LogP contribution in [0, 0.1) is 0 Å². The van der Waals surface area contributed by atoms with Crippen molar-refractivity contribution in [1.82, 2.24) is 0 Å². The summed E-state index contributed by atoms with van der Waals surface area (Å²) in [5.74, 6) is 0. The van der Waals surface area contributed by atoms with Crippen LogP contribution >= 0.6 is 0 Å². The van der Waals surface area contributed by atoms with Crippen LogP contribution in [0.1, 0.15) is 220 Å². The van der Waals surface area contributed by atoms with Gasteiger partial charge in [0.2, 0.25) is 0 Å². The first-order valence-electron chi connectivity index (χ1n) is 34.2. The number of rotatable bonds is 19. The molecular weight excluding hydrogens is 1100 g/mol. The summed E-state index contributed by atoms with van der Waals surface area (Å²) in [4.78, 5) is 5.66. The van der Waals surface area contributed by atoms with E-state index in [-0.39, 0.29) is 32.5 Å². The zero-order chi connectivity index (χ0) is 64.0. The fourth-order valence-corrected chi connectivity index (χ4v) is 24.9. The normalized spacial score (nSPS) is 13.3. The van der Waals surface area contributed by atoms with Crippen molar-refractivity contribution < 1.29 is 0 Å². The van der Waals surface area contributed by atoms with E-state index in [1.807, 2.05) is 0 Å². The van der Waals surface area contributed by atoms with Crippen molar-refractivity contribution in [1.29, 1.82) is 0 Å². The Morgan fingerprint density at radius 2 is 0.547 bits per heavy atom. The molecule has 7 aromatic rings. The highest BCUT2D eigenvalue weighted by molar-refractivity contribution is 6.92. The highest BCUT2D eigenvalue weighted by Crippen LogP contribution is 2.54. The van der Waals surface area contributed by atoms with Gasteiger partial charge in [0, 0.05) is 44.3 Å². The molecule has 0 saturated heterocycles. The Balaban J connectivity index is 1.91. The smallest absolute Gasteiger partial charge is 0.0860 e. The van der Waals surface area contributed by atoms with Gasteiger partial charge in [0.05, 0.1) is 45.8 Å². The predicted molar refractivity (Wildman–Crippen MR) is 403 cm³/mol. The van der Waals surface area contributed by atoms with Crippen LogP contribution in [-0.4, -0.2) is 34.5 Å². The van der Waals surface area contributed by atoms with Crippen molar-refractivity contribution in [3.63, 3.8) is 0 Å². The fraction of sp³-hybridized carbons (Fsp3) is 0.525. The Hall–Kier alpha value is -4.47. The van der Waals surface area contributed by atoms with Gasteiger partial charge < -0.3 is 9.80 Å².